The Balaban J connectivity index is 2.59. The topological polar surface area (TPSA) is 70.8 Å². The molecule has 0 aromatic heterocycles. The Labute approximate surface area is 121 Å². The first-order valence-corrected chi connectivity index (χ1v) is 6.03. The van der Waals surface area contributed by atoms with Crippen LogP contribution in [0, 0.1) is 5.82 Å². The Hall–Kier alpha value is -2.76. The molecule has 0 bridgehead atoms. The molecule has 2 aromatic rings. The van der Waals surface area contributed by atoms with Gasteiger partial charge >= 0.3 is 6.09 Å². The minimum absolute atomic E-state index is 0.152. The van der Waals surface area contributed by atoms with Crippen LogP contribution in [-0.2, 0) is 0 Å². The Morgan fingerprint density at radius 1 is 1.05 bits per heavy atom. The first kappa shape index (κ1) is 14.6. The highest BCUT2D eigenvalue weighted by atomic mass is 19.1. The van der Waals surface area contributed by atoms with Gasteiger partial charge in [0.2, 0.25) is 0 Å². The quantitative estimate of drug-likeness (QED) is 0.940. The number of hydrogen-bond donors (Lipinski definition) is 1. The second-order valence-corrected chi connectivity index (χ2v) is 4.16. The Bertz CT molecular complexity index is 650. The van der Waals surface area contributed by atoms with Crippen molar-refractivity contribution in [1.29, 1.82) is 0 Å². The molecule has 2 N–H and O–H groups in total. The summed E-state index contributed by atoms with van der Waals surface area (Å²) in [5, 5.41) is 0. The highest BCUT2D eigenvalue weighted by Crippen LogP contribution is 2.35. The molecule has 110 valence electrons. The van der Waals surface area contributed by atoms with Gasteiger partial charge in [0.25, 0.3) is 0 Å². The van der Waals surface area contributed by atoms with Crippen molar-refractivity contribution in [1.82, 2.24) is 0 Å². The van der Waals surface area contributed by atoms with Gasteiger partial charge in [0.05, 0.1) is 14.2 Å². The molecule has 0 aliphatic rings. The number of methoxy groups -OCH3 is 2. The highest BCUT2D eigenvalue weighted by Gasteiger charge is 2.13. The van der Waals surface area contributed by atoms with Crippen molar-refractivity contribution in [2.75, 3.05) is 14.2 Å². The number of rotatable bonds is 4. The van der Waals surface area contributed by atoms with E-state index in [0.29, 0.717) is 22.6 Å². The minimum atomic E-state index is -0.974. The van der Waals surface area contributed by atoms with Crippen molar-refractivity contribution in [2.24, 2.45) is 5.73 Å². The molecule has 0 radical (unpaired) electrons. The molecule has 0 aliphatic heterocycles. The van der Waals surface area contributed by atoms with Crippen molar-refractivity contribution in [3.05, 3.63) is 42.2 Å². The lowest BCUT2D eigenvalue weighted by Gasteiger charge is -2.12. The van der Waals surface area contributed by atoms with Crippen LogP contribution in [0.25, 0.3) is 11.1 Å². The van der Waals surface area contributed by atoms with Crippen LogP contribution in [-0.4, -0.2) is 20.3 Å². The first-order valence-electron chi connectivity index (χ1n) is 6.03. The standard InChI is InChI=1S/C15H14FNO4/c1-19-11-5-9(6-12(8-11)20-2)13-7-10(16)3-4-14(13)21-15(17)18/h3-8H,1-2H3,(H2,17,18). The smallest absolute Gasteiger partial charge is 0.409 e. The second-order valence-electron chi connectivity index (χ2n) is 4.16. The van der Waals surface area contributed by atoms with Crippen LogP contribution in [0.2, 0.25) is 0 Å². The van der Waals surface area contributed by atoms with E-state index >= 15 is 0 Å². The number of ether oxygens (including phenoxy) is 3. The predicted octanol–water partition coefficient (Wildman–Crippen LogP) is 2.97. The third kappa shape index (κ3) is 3.42. The maximum atomic E-state index is 13.5. The summed E-state index contributed by atoms with van der Waals surface area (Å²) >= 11 is 0. The fourth-order valence-electron chi connectivity index (χ4n) is 1.89. The molecule has 6 heteroatoms. The van der Waals surface area contributed by atoms with Gasteiger partial charge in [-0.25, -0.2) is 9.18 Å². The van der Waals surface area contributed by atoms with E-state index in [4.69, 9.17) is 19.9 Å². The van der Waals surface area contributed by atoms with Gasteiger partial charge < -0.3 is 19.9 Å². The zero-order chi connectivity index (χ0) is 15.4. The van der Waals surface area contributed by atoms with E-state index in [2.05, 4.69) is 0 Å². The molecule has 2 aromatic carbocycles. The lowest BCUT2D eigenvalue weighted by molar-refractivity contribution is 0.211. The molecule has 0 aliphatic carbocycles. The van der Waals surface area contributed by atoms with Gasteiger partial charge in [0.15, 0.2) is 0 Å². The summed E-state index contributed by atoms with van der Waals surface area (Å²) in [6.07, 6.45) is -0.974. The van der Waals surface area contributed by atoms with E-state index in [0.717, 1.165) is 0 Å². The Morgan fingerprint density at radius 2 is 1.67 bits per heavy atom. The van der Waals surface area contributed by atoms with Crippen LogP contribution < -0.4 is 19.9 Å². The van der Waals surface area contributed by atoms with Gasteiger partial charge in [-0.1, -0.05) is 0 Å². The summed E-state index contributed by atoms with van der Waals surface area (Å²) in [6.45, 7) is 0. The Kier molecular flexibility index (Phi) is 4.27. The molecule has 0 heterocycles. The molecule has 0 saturated heterocycles. The summed E-state index contributed by atoms with van der Waals surface area (Å²) in [6, 6.07) is 8.78. The highest BCUT2D eigenvalue weighted by molar-refractivity contribution is 5.77. The number of primary amides is 1. The fourth-order valence-corrected chi connectivity index (χ4v) is 1.89. The second kappa shape index (κ2) is 6.13. The van der Waals surface area contributed by atoms with E-state index in [1.807, 2.05) is 0 Å². The van der Waals surface area contributed by atoms with Gasteiger partial charge in [-0.15, -0.1) is 0 Å². The summed E-state index contributed by atoms with van der Waals surface area (Å²) in [5.41, 5.74) is 5.96. The van der Waals surface area contributed by atoms with E-state index in [1.165, 1.54) is 32.4 Å². The average molecular weight is 291 g/mol. The van der Waals surface area contributed by atoms with Gasteiger partial charge in [-0.3, -0.25) is 0 Å². The van der Waals surface area contributed by atoms with E-state index in [1.54, 1.807) is 18.2 Å². The first-order chi connectivity index (χ1) is 10.0. The number of benzene rings is 2. The number of carbonyl (C=O) groups excluding carboxylic acids is 1. The van der Waals surface area contributed by atoms with Crippen molar-refractivity contribution in [3.8, 4) is 28.4 Å². The number of halogens is 1. The summed E-state index contributed by atoms with van der Waals surface area (Å²) < 4.78 is 28.7. The predicted molar refractivity (Wildman–Crippen MR) is 75.2 cm³/mol. The average Bonchev–Trinajstić information content (AvgIpc) is 2.48. The van der Waals surface area contributed by atoms with Crippen molar-refractivity contribution in [3.63, 3.8) is 0 Å². The monoisotopic (exact) mass is 291 g/mol. The normalized spacial score (nSPS) is 10.0. The number of hydrogen-bond acceptors (Lipinski definition) is 4. The van der Waals surface area contributed by atoms with Crippen LogP contribution in [0.4, 0.5) is 9.18 Å². The summed E-state index contributed by atoms with van der Waals surface area (Å²) in [5.74, 6) is 0.736. The summed E-state index contributed by atoms with van der Waals surface area (Å²) in [7, 11) is 3.01. The van der Waals surface area contributed by atoms with Crippen molar-refractivity contribution < 1.29 is 23.4 Å². The molecular weight excluding hydrogens is 277 g/mol. The lowest BCUT2D eigenvalue weighted by Crippen LogP contribution is -2.16. The van der Waals surface area contributed by atoms with Gasteiger partial charge in [0.1, 0.15) is 23.1 Å². The minimum Gasteiger partial charge on any atom is -0.497 e. The molecule has 5 nitrogen and oxygen atoms in total. The van der Waals surface area contributed by atoms with Crippen molar-refractivity contribution in [2.45, 2.75) is 0 Å². The van der Waals surface area contributed by atoms with E-state index < -0.39 is 11.9 Å². The van der Waals surface area contributed by atoms with Crippen LogP contribution in [0.5, 0.6) is 17.2 Å². The molecular formula is C15H14FNO4. The van der Waals surface area contributed by atoms with Gasteiger partial charge in [0, 0.05) is 11.6 Å². The molecule has 0 atom stereocenters. The molecule has 0 fully saturated rings. The number of amides is 1. The van der Waals surface area contributed by atoms with E-state index in [-0.39, 0.29) is 5.75 Å². The van der Waals surface area contributed by atoms with E-state index in [9.17, 15) is 9.18 Å². The number of nitrogens with two attached hydrogens (primary N) is 1. The molecule has 21 heavy (non-hydrogen) atoms. The van der Waals surface area contributed by atoms with Gasteiger partial charge in [-0.2, -0.15) is 0 Å². The molecule has 2 rings (SSSR count). The van der Waals surface area contributed by atoms with Crippen LogP contribution in [0.15, 0.2) is 36.4 Å². The maximum absolute atomic E-state index is 13.5. The summed E-state index contributed by atoms with van der Waals surface area (Å²) in [4.78, 5) is 10.9. The van der Waals surface area contributed by atoms with Crippen molar-refractivity contribution >= 4 is 6.09 Å². The zero-order valence-corrected chi connectivity index (χ0v) is 11.6. The zero-order valence-electron chi connectivity index (χ0n) is 11.6. The maximum Gasteiger partial charge on any atom is 0.409 e. The third-order valence-electron chi connectivity index (χ3n) is 2.81. The third-order valence-corrected chi connectivity index (χ3v) is 2.81. The molecule has 1 amide bonds. The molecule has 0 unspecified atom stereocenters. The molecule has 0 saturated carbocycles. The van der Waals surface area contributed by atoms with Crippen LogP contribution >= 0.6 is 0 Å². The fraction of sp³-hybridized carbons (Fsp3) is 0.133. The SMILES string of the molecule is COc1cc(OC)cc(-c2cc(F)ccc2OC(N)=O)c1. The Morgan fingerprint density at radius 3 is 2.19 bits per heavy atom. The number of carbonyl (C=O) groups is 1. The van der Waals surface area contributed by atoms with Crippen LogP contribution in [0.1, 0.15) is 0 Å². The lowest BCUT2D eigenvalue weighted by atomic mass is 10.0. The van der Waals surface area contributed by atoms with Crippen LogP contribution in [0.3, 0.4) is 0 Å². The van der Waals surface area contributed by atoms with Gasteiger partial charge in [-0.05, 0) is 35.9 Å². The molecule has 0 spiro atoms. The largest absolute Gasteiger partial charge is 0.497 e.